The van der Waals surface area contributed by atoms with E-state index >= 15 is 0 Å². The molecule has 1 aliphatic carbocycles. The van der Waals surface area contributed by atoms with E-state index in [2.05, 4.69) is 0 Å². The Morgan fingerprint density at radius 3 is 2.08 bits per heavy atom. The van der Waals surface area contributed by atoms with E-state index in [1.54, 1.807) is 60.7 Å². The summed E-state index contributed by atoms with van der Waals surface area (Å²) in [4.78, 5) is 12.1. The molecule has 1 saturated carbocycles. The van der Waals surface area contributed by atoms with Crippen molar-refractivity contribution in [2.75, 3.05) is 0 Å². The van der Waals surface area contributed by atoms with E-state index in [4.69, 9.17) is 0 Å². The molecule has 5 atom stereocenters. The van der Waals surface area contributed by atoms with Crippen LogP contribution in [0, 0.1) is 0 Å². The third-order valence-corrected chi connectivity index (χ3v) is 4.66. The van der Waals surface area contributed by atoms with E-state index in [1.807, 2.05) is 0 Å². The fraction of sp³-hybridized carbons (Fsp3) is 0.250. The second-order valence-corrected chi connectivity index (χ2v) is 6.39. The molecule has 0 aliphatic heterocycles. The van der Waals surface area contributed by atoms with Crippen molar-refractivity contribution in [3.63, 3.8) is 0 Å². The normalized spacial score (nSPS) is 26.2. The number of hydrogen-bond acceptors (Lipinski definition) is 6. The molecule has 0 heterocycles. The van der Waals surface area contributed by atoms with Gasteiger partial charge in [0, 0.05) is 0 Å². The van der Waals surface area contributed by atoms with Crippen molar-refractivity contribution in [3.8, 4) is 0 Å². The average Bonchev–Trinajstić information content (AvgIpc) is 3.23. The van der Waals surface area contributed by atoms with Gasteiger partial charge in [-0.25, -0.2) is 0 Å². The first-order chi connectivity index (χ1) is 12.4. The second-order valence-electron chi connectivity index (χ2n) is 6.39. The molecule has 6 heteroatoms. The van der Waals surface area contributed by atoms with Crippen LogP contribution in [0.25, 0.3) is 6.08 Å². The molecular weight excluding hydrogens is 336 g/mol. The molecule has 1 unspecified atom stereocenters. The van der Waals surface area contributed by atoms with E-state index in [9.17, 15) is 30.3 Å². The average molecular weight is 356 g/mol. The largest absolute Gasteiger partial charge is 0.509 e. The Morgan fingerprint density at radius 1 is 0.962 bits per heavy atom. The lowest BCUT2D eigenvalue weighted by molar-refractivity contribution is -0.135. The second kappa shape index (κ2) is 7.01. The van der Waals surface area contributed by atoms with E-state index < -0.39 is 41.4 Å². The van der Waals surface area contributed by atoms with Crippen molar-refractivity contribution < 1.29 is 30.3 Å². The van der Waals surface area contributed by atoms with Crippen molar-refractivity contribution in [2.45, 2.75) is 29.8 Å². The van der Waals surface area contributed by atoms with Crippen LogP contribution < -0.4 is 0 Å². The zero-order chi connectivity index (χ0) is 18.9. The summed E-state index contributed by atoms with van der Waals surface area (Å²) in [5.74, 6) is -2.22. The fourth-order valence-corrected chi connectivity index (χ4v) is 3.09. The number of carbonyl (C=O) groups is 1. The number of benzene rings is 2. The molecule has 0 spiro atoms. The maximum Gasteiger partial charge on any atom is 0.179 e. The molecule has 1 aliphatic rings. The topological polar surface area (TPSA) is 118 Å². The highest BCUT2D eigenvalue weighted by Gasteiger charge is 2.70. The van der Waals surface area contributed by atoms with Crippen LogP contribution in [0.15, 0.2) is 66.4 Å². The van der Waals surface area contributed by atoms with Gasteiger partial charge in [-0.2, -0.15) is 0 Å². The van der Waals surface area contributed by atoms with Gasteiger partial charge in [-0.05, 0) is 17.2 Å². The third-order valence-electron chi connectivity index (χ3n) is 4.66. The Kier molecular flexibility index (Phi) is 4.93. The molecule has 5 N–H and O–H groups in total. The van der Waals surface area contributed by atoms with Crippen LogP contribution in [-0.2, 0) is 4.79 Å². The van der Waals surface area contributed by atoms with Crippen molar-refractivity contribution in [1.29, 1.82) is 0 Å². The maximum atomic E-state index is 12.1. The molecule has 26 heavy (non-hydrogen) atoms. The van der Waals surface area contributed by atoms with Crippen LogP contribution in [0.1, 0.15) is 17.0 Å². The Bertz CT molecular complexity index is 804. The molecule has 0 amide bonds. The molecule has 1 fully saturated rings. The van der Waals surface area contributed by atoms with Gasteiger partial charge in [0.2, 0.25) is 0 Å². The van der Waals surface area contributed by atoms with Gasteiger partial charge in [0.05, 0.1) is 5.92 Å². The van der Waals surface area contributed by atoms with E-state index in [0.29, 0.717) is 11.1 Å². The van der Waals surface area contributed by atoms with Crippen LogP contribution >= 0.6 is 0 Å². The molecule has 3 rings (SSSR count). The van der Waals surface area contributed by atoms with Crippen LogP contribution in [0.4, 0.5) is 0 Å². The molecule has 0 saturated heterocycles. The Labute approximate surface area is 150 Å². The lowest BCUT2D eigenvalue weighted by Crippen LogP contribution is -2.48. The summed E-state index contributed by atoms with van der Waals surface area (Å²) >= 11 is 0. The quantitative estimate of drug-likeness (QED) is 0.488. The zero-order valence-corrected chi connectivity index (χ0v) is 13.8. The summed E-state index contributed by atoms with van der Waals surface area (Å²) in [6.45, 7) is 0. The monoisotopic (exact) mass is 356 g/mol. The minimum atomic E-state index is -2.20. The van der Waals surface area contributed by atoms with Gasteiger partial charge in [-0.3, -0.25) is 4.79 Å². The van der Waals surface area contributed by atoms with E-state index in [1.165, 1.54) is 6.08 Å². The molecule has 0 bridgehead atoms. The Balaban J connectivity index is 1.76. The van der Waals surface area contributed by atoms with E-state index in [0.717, 1.165) is 0 Å². The van der Waals surface area contributed by atoms with Crippen LogP contribution in [0.3, 0.4) is 0 Å². The highest BCUT2D eigenvalue weighted by molar-refractivity contribution is 6.12. The molecule has 0 radical (unpaired) electrons. The number of rotatable bonds is 6. The first-order valence-electron chi connectivity index (χ1n) is 8.18. The van der Waals surface area contributed by atoms with Gasteiger partial charge in [-0.1, -0.05) is 60.7 Å². The fourth-order valence-electron chi connectivity index (χ4n) is 3.09. The van der Waals surface area contributed by atoms with Crippen LogP contribution in [0.5, 0.6) is 0 Å². The minimum absolute atomic E-state index is 0.504. The number of hydrogen-bond donors (Lipinski definition) is 5. The van der Waals surface area contributed by atoms with Gasteiger partial charge in [0.1, 0.15) is 24.1 Å². The smallest absolute Gasteiger partial charge is 0.179 e. The molecular formula is C20H20O6. The first-order valence-corrected chi connectivity index (χ1v) is 8.18. The summed E-state index contributed by atoms with van der Waals surface area (Å²) < 4.78 is 0. The summed E-state index contributed by atoms with van der Waals surface area (Å²) in [5.41, 5.74) is -1.12. The lowest BCUT2D eigenvalue weighted by Gasteiger charge is -2.26. The van der Waals surface area contributed by atoms with Crippen molar-refractivity contribution >= 4 is 11.9 Å². The molecule has 2 aromatic rings. The minimum Gasteiger partial charge on any atom is -0.509 e. The number of ketones is 1. The van der Waals surface area contributed by atoms with Gasteiger partial charge in [-0.15, -0.1) is 0 Å². The predicted molar refractivity (Wildman–Crippen MR) is 94.2 cm³/mol. The SMILES string of the molecule is O=C1C(c2ccccc2)[C@@]1(O)[C@@H](O)[C@H](O)[C@H](O)C(O)=Cc1ccccc1. The van der Waals surface area contributed by atoms with Crippen LogP contribution in [0.2, 0.25) is 0 Å². The molecule has 136 valence electrons. The summed E-state index contributed by atoms with van der Waals surface area (Å²) in [5, 5.41) is 51.1. The van der Waals surface area contributed by atoms with Crippen molar-refractivity contribution in [2.24, 2.45) is 0 Å². The van der Waals surface area contributed by atoms with Gasteiger partial charge in [0.25, 0.3) is 0 Å². The third kappa shape index (κ3) is 3.15. The van der Waals surface area contributed by atoms with Crippen molar-refractivity contribution in [3.05, 3.63) is 77.5 Å². The Hall–Kier alpha value is -2.51. The molecule has 0 aromatic heterocycles. The van der Waals surface area contributed by atoms with Gasteiger partial charge < -0.3 is 25.5 Å². The van der Waals surface area contributed by atoms with E-state index in [-0.39, 0.29) is 0 Å². The number of aliphatic hydroxyl groups excluding tert-OH is 4. The highest BCUT2D eigenvalue weighted by atomic mass is 16.4. The van der Waals surface area contributed by atoms with Gasteiger partial charge >= 0.3 is 0 Å². The van der Waals surface area contributed by atoms with Crippen molar-refractivity contribution in [1.82, 2.24) is 0 Å². The summed E-state index contributed by atoms with van der Waals surface area (Å²) in [6, 6.07) is 17.0. The van der Waals surface area contributed by atoms with Gasteiger partial charge in [0.15, 0.2) is 11.4 Å². The number of Topliss-reactive ketones (excluding diaryl/α,β-unsaturated/α-hetero) is 1. The highest BCUT2D eigenvalue weighted by Crippen LogP contribution is 2.50. The first kappa shape index (κ1) is 18.3. The molecule has 6 nitrogen and oxygen atoms in total. The zero-order valence-electron chi connectivity index (χ0n) is 13.8. The van der Waals surface area contributed by atoms with Crippen LogP contribution in [-0.4, -0.2) is 55.2 Å². The molecule has 2 aromatic carbocycles. The summed E-state index contributed by atoms with van der Waals surface area (Å²) in [6.07, 6.45) is -4.54. The number of carbonyl (C=O) groups excluding carboxylic acids is 1. The lowest BCUT2D eigenvalue weighted by atomic mass is 9.96. The maximum absolute atomic E-state index is 12.1. The predicted octanol–water partition coefficient (Wildman–Crippen LogP) is 0.766. The summed E-state index contributed by atoms with van der Waals surface area (Å²) in [7, 11) is 0. The standard InChI is InChI=1S/C20H20O6/c21-14(11-12-7-3-1-4-8-12)16(22)17(23)19(25)20(26)15(18(20)24)13-9-5-2-6-10-13/h1-11,15-17,19,21-23,25-26H/t15?,16-,17-,19+,20+/m1/s1. The number of aliphatic hydroxyl groups is 5. The Morgan fingerprint density at radius 2 is 1.50 bits per heavy atom.